The molecule has 4 aromatic carbocycles. The third kappa shape index (κ3) is 12.0. The second-order valence-electron chi connectivity index (χ2n) is 8.31. The molecule has 4 aromatic rings. The molecule has 0 fully saturated rings. The average Bonchev–Trinajstić information content (AvgIpc) is 2.96. The van der Waals surface area contributed by atoms with Gasteiger partial charge in [0.05, 0.1) is 38.5 Å². The maximum absolute atomic E-state index is 11.2. The Kier molecular flexibility index (Phi) is 15.3. The first-order chi connectivity index (χ1) is 20.5. The molecule has 0 saturated carbocycles. The molecular formula is C26H18N4Na2O12S2. The Balaban J connectivity index is 0.000000441. The molecule has 0 aromatic heterocycles. The molecule has 0 amide bonds. The summed E-state index contributed by atoms with van der Waals surface area (Å²) in [4.78, 5) is 21.0. The Morgan fingerprint density at radius 1 is 0.587 bits per heavy atom. The third-order valence-corrected chi connectivity index (χ3v) is 6.96. The van der Waals surface area contributed by atoms with Crippen LogP contribution in [0.25, 0.3) is 0 Å². The van der Waals surface area contributed by atoms with E-state index in [4.69, 9.17) is 14.2 Å². The zero-order chi connectivity index (χ0) is 32.7. The summed E-state index contributed by atoms with van der Waals surface area (Å²) in [6, 6.07) is 16.9. The van der Waals surface area contributed by atoms with E-state index in [2.05, 4.69) is 20.5 Å². The van der Waals surface area contributed by atoms with Crippen LogP contribution in [0.2, 0.25) is 0 Å². The first kappa shape index (κ1) is 40.5. The van der Waals surface area contributed by atoms with Gasteiger partial charge < -0.3 is 25.2 Å². The Bertz CT molecular complexity index is 1840. The van der Waals surface area contributed by atoms with Crippen LogP contribution in [0, 0.1) is 0 Å². The van der Waals surface area contributed by atoms with Crippen molar-refractivity contribution < 1.29 is 115 Å². The first-order valence-electron chi connectivity index (χ1n) is 11.6. The Morgan fingerprint density at radius 3 is 1.30 bits per heavy atom. The van der Waals surface area contributed by atoms with E-state index in [9.17, 15) is 41.7 Å². The fourth-order valence-corrected chi connectivity index (χ4v) is 4.06. The zero-order valence-corrected chi connectivity index (χ0v) is 29.4. The smallest absolute Gasteiger partial charge is 0.872 e. The second kappa shape index (κ2) is 17.4. The van der Waals surface area contributed by atoms with Crippen molar-refractivity contribution in [1.82, 2.24) is 0 Å². The maximum atomic E-state index is 11.2. The normalized spacial score (nSPS) is 11.2. The Hall–Kier alpha value is -3.56. The van der Waals surface area contributed by atoms with Crippen molar-refractivity contribution in [3.8, 4) is 11.5 Å². The predicted molar refractivity (Wildman–Crippen MR) is 146 cm³/mol. The van der Waals surface area contributed by atoms with E-state index in [1.807, 2.05) is 0 Å². The monoisotopic (exact) mass is 688 g/mol. The van der Waals surface area contributed by atoms with E-state index in [-0.39, 0.29) is 97.3 Å². The number of azo groups is 2. The fraction of sp³-hybridized carbons (Fsp3) is 0. The van der Waals surface area contributed by atoms with Gasteiger partial charge in [-0.25, -0.2) is 4.79 Å². The van der Waals surface area contributed by atoms with Crippen LogP contribution in [0.15, 0.2) is 115 Å². The fourth-order valence-electron chi connectivity index (χ4n) is 3.10. The number of carbonyl (C=O) groups excluding carboxylic acids is 1. The van der Waals surface area contributed by atoms with Crippen molar-refractivity contribution in [2.24, 2.45) is 20.5 Å². The number of aromatic hydroxyl groups is 1. The van der Waals surface area contributed by atoms with Crippen LogP contribution in [-0.2, 0) is 20.2 Å². The van der Waals surface area contributed by atoms with Crippen LogP contribution in [0.5, 0.6) is 11.5 Å². The number of carbonyl (C=O) groups is 2. The number of carboxylic acid groups (broad SMARTS) is 2. The largest absolute Gasteiger partial charge is 1.00 e. The van der Waals surface area contributed by atoms with E-state index in [1.165, 1.54) is 42.5 Å². The minimum Gasteiger partial charge on any atom is -0.872 e. The molecule has 0 unspecified atom stereocenters. The van der Waals surface area contributed by atoms with Crippen molar-refractivity contribution >= 4 is 54.9 Å². The molecule has 0 aliphatic rings. The van der Waals surface area contributed by atoms with Crippen molar-refractivity contribution in [2.45, 2.75) is 9.79 Å². The second-order valence-corrected chi connectivity index (χ2v) is 11.2. The SMILES string of the molecule is O=C(O)c1cc(N=Nc2ccc(S(=O)(=O)O)cc2)ccc1O.O=C([O-])c1cc(N=Nc2ccc(S(=O)(=O)O)cc2)ccc1[O-].[Na+].[Na+]. The summed E-state index contributed by atoms with van der Waals surface area (Å²) >= 11 is 0. The van der Waals surface area contributed by atoms with Crippen LogP contribution in [0.1, 0.15) is 20.7 Å². The van der Waals surface area contributed by atoms with Crippen LogP contribution in [0.3, 0.4) is 0 Å². The third-order valence-electron chi connectivity index (χ3n) is 5.22. The molecule has 4 rings (SSSR count). The number of benzene rings is 4. The molecule has 0 atom stereocenters. The topological polar surface area (TPSA) is 279 Å². The molecule has 16 nitrogen and oxygen atoms in total. The first-order valence-corrected chi connectivity index (χ1v) is 14.5. The summed E-state index contributed by atoms with van der Waals surface area (Å²) in [6.45, 7) is 0. The number of phenols is 1. The van der Waals surface area contributed by atoms with Crippen LogP contribution in [-0.4, -0.2) is 48.1 Å². The number of hydrogen-bond acceptors (Lipinski definition) is 13. The number of aromatic carboxylic acids is 2. The molecule has 0 spiro atoms. The predicted octanol–water partition coefficient (Wildman–Crippen LogP) is -2.45. The van der Waals surface area contributed by atoms with E-state index >= 15 is 0 Å². The molecule has 228 valence electrons. The molecule has 20 heteroatoms. The maximum Gasteiger partial charge on any atom is 1.00 e. The molecular weight excluding hydrogens is 670 g/mol. The van der Waals surface area contributed by atoms with E-state index in [1.54, 1.807) is 0 Å². The van der Waals surface area contributed by atoms with Crippen molar-refractivity contribution in [2.75, 3.05) is 0 Å². The van der Waals surface area contributed by atoms with Gasteiger partial charge in [0, 0.05) is 0 Å². The number of hydrogen-bond donors (Lipinski definition) is 4. The van der Waals surface area contributed by atoms with Gasteiger partial charge >= 0.3 is 65.1 Å². The molecule has 46 heavy (non-hydrogen) atoms. The molecule has 0 bridgehead atoms. The molecule has 0 heterocycles. The number of rotatable bonds is 8. The minimum atomic E-state index is -4.29. The summed E-state index contributed by atoms with van der Waals surface area (Å²) in [7, 11) is -8.56. The number of carboxylic acids is 2. The van der Waals surface area contributed by atoms with Gasteiger partial charge in [0.25, 0.3) is 20.2 Å². The van der Waals surface area contributed by atoms with Crippen LogP contribution >= 0.6 is 0 Å². The van der Waals surface area contributed by atoms with Crippen LogP contribution in [0.4, 0.5) is 22.7 Å². The van der Waals surface area contributed by atoms with Gasteiger partial charge in [0.2, 0.25) is 0 Å². The Labute approximate surface area is 305 Å². The van der Waals surface area contributed by atoms with Gasteiger partial charge in [-0.2, -0.15) is 37.3 Å². The summed E-state index contributed by atoms with van der Waals surface area (Å²) in [5, 5.41) is 55.3. The molecule has 0 aliphatic carbocycles. The minimum absolute atomic E-state index is 0. The zero-order valence-electron chi connectivity index (χ0n) is 23.7. The quantitative estimate of drug-likeness (QED) is 0.0853. The molecule has 0 aliphatic heterocycles. The van der Waals surface area contributed by atoms with Crippen LogP contribution < -0.4 is 69.3 Å². The average molecular weight is 689 g/mol. The summed E-state index contributed by atoms with van der Waals surface area (Å²) < 4.78 is 61.2. The van der Waals surface area contributed by atoms with Gasteiger partial charge in [0.1, 0.15) is 11.3 Å². The molecule has 0 radical (unpaired) electrons. The summed E-state index contributed by atoms with van der Waals surface area (Å²) in [6.07, 6.45) is 0. The van der Waals surface area contributed by atoms with Gasteiger partial charge in [-0.15, -0.1) is 0 Å². The van der Waals surface area contributed by atoms with Gasteiger partial charge in [-0.3, -0.25) is 9.11 Å². The summed E-state index contributed by atoms with van der Waals surface area (Å²) in [5.74, 6) is -3.99. The van der Waals surface area contributed by atoms with E-state index < -0.39 is 43.5 Å². The Morgan fingerprint density at radius 2 is 0.935 bits per heavy atom. The van der Waals surface area contributed by atoms with Crippen molar-refractivity contribution in [3.63, 3.8) is 0 Å². The molecule has 0 saturated heterocycles. The molecule has 4 N–H and O–H groups in total. The standard InChI is InChI=1S/2C13H10N2O6S.2Na/c2*16-12-6-3-9(7-11(12)13(17)18)15-14-8-1-4-10(5-2-8)22(19,20)21;;/h2*1-7,16H,(H,17,18)(H,19,20,21);;/q;;2*+1/p-2. The number of nitrogens with zero attached hydrogens (tertiary/aromatic N) is 4. The van der Waals surface area contributed by atoms with Crippen molar-refractivity contribution in [3.05, 3.63) is 96.1 Å². The van der Waals surface area contributed by atoms with Crippen molar-refractivity contribution in [1.29, 1.82) is 0 Å². The van der Waals surface area contributed by atoms with Gasteiger partial charge in [0.15, 0.2) is 0 Å². The van der Waals surface area contributed by atoms with E-state index in [0.717, 1.165) is 42.5 Å². The summed E-state index contributed by atoms with van der Waals surface area (Å²) in [5.41, 5.74) is 0.0639. The van der Waals surface area contributed by atoms with Gasteiger partial charge in [-0.1, -0.05) is 11.8 Å². The van der Waals surface area contributed by atoms with E-state index in [0.29, 0.717) is 5.69 Å². The van der Waals surface area contributed by atoms with Gasteiger partial charge in [-0.05, 0) is 84.4 Å².